The van der Waals surface area contributed by atoms with E-state index in [1.165, 1.54) is 13.2 Å². The maximum atomic E-state index is 13.5. The van der Waals surface area contributed by atoms with Crippen LogP contribution in [0.1, 0.15) is 11.1 Å². The van der Waals surface area contributed by atoms with Gasteiger partial charge in [0.15, 0.2) is 0 Å². The van der Waals surface area contributed by atoms with Crippen molar-refractivity contribution in [1.29, 1.82) is 0 Å². The van der Waals surface area contributed by atoms with Gasteiger partial charge in [-0.05, 0) is 19.1 Å². The summed E-state index contributed by atoms with van der Waals surface area (Å²) in [5.74, 6) is 3.31. The van der Waals surface area contributed by atoms with Crippen molar-refractivity contribution in [3.8, 4) is 11.8 Å². The number of benzene rings is 1. The van der Waals surface area contributed by atoms with Crippen LogP contribution in [0.5, 0.6) is 0 Å². The van der Waals surface area contributed by atoms with Crippen LogP contribution in [0.25, 0.3) is 0 Å². The number of carbonyl (C=O) groups excluding carboxylic acids is 1. The van der Waals surface area contributed by atoms with E-state index in [0.717, 1.165) is 0 Å². The number of halogens is 1. The third-order valence-corrected chi connectivity index (χ3v) is 1.91. The smallest absolute Gasteiger partial charge is 0.384 e. The normalized spacial score (nSPS) is 9.00. The van der Waals surface area contributed by atoms with E-state index in [2.05, 4.69) is 16.6 Å². The van der Waals surface area contributed by atoms with E-state index in [9.17, 15) is 9.18 Å². The van der Waals surface area contributed by atoms with Gasteiger partial charge in [0, 0.05) is 17.2 Å². The lowest BCUT2D eigenvalue weighted by atomic mass is 10.1. The predicted molar refractivity (Wildman–Crippen MR) is 54.4 cm³/mol. The minimum Gasteiger partial charge on any atom is -0.459 e. The molecule has 78 valence electrons. The Hall–Kier alpha value is -2.02. The molecule has 0 spiro atoms. The van der Waals surface area contributed by atoms with Gasteiger partial charge in [0.1, 0.15) is 5.82 Å². The average Bonchev–Trinajstić information content (AvgIpc) is 2.24. The number of hydrogen-bond donors (Lipinski definition) is 1. The molecule has 0 atom stereocenters. The van der Waals surface area contributed by atoms with Gasteiger partial charge in [-0.3, -0.25) is 0 Å². The van der Waals surface area contributed by atoms with E-state index in [4.69, 9.17) is 5.73 Å². The number of nitrogen functional groups attached to an aromatic ring is 1. The summed E-state index contributed by atoms with van der Waals surface area (Å²) in [6.45, 7) is 1.55. The molecule has 0 amide bonds. The van der Waals surface area contributed by atoms with Crippen molar-refractivity contribution < 1.29 is 13.9 Å². The third kappa shape index (κ3) is 2.47. The lowest BCUT2D eigenvalue weighted by Gasteiger charge is -2.02. The average molecular weight is 207 g/mol. The molecular weight excluding hydrogens is 197 g/mol. The number of esters is 1. The summed E-state index contributed by atoms with van der Waals surface area (Å²) in [4.78, 5) is 10.7. The van der Waals surface area contributed by atoms with E-state index < -0.39 is 11.8 Å². The first-order valence-corrected chi connectivity index (χ1v) is 4.20. The largest absolute Gasteiger partial charge is 0.459 e. The molecule has 15 heavy (non-hydrogen) atoms. The van der Waals surface area contributed by atoms with Crippen LogP contribution in [-0.2, 0) is 9.53 Å². The minimum absolute atomic E-state index is 0.132. The predicted octanol–water partition coefficient (Wildman–Crippen LogP) is 1.24. The second kappa shape index (κ2) is 4.47. The zero-order valence-electron chi connectivity index (χ0n) is 8.43. The number of hydrogen-bond acceptors (Lipinski definition) is 3. The highest BCUT2D eigenvalue weighted by molar-refractivity contribution is 5.89. The Kier molecular flexibility index (Phi) is 3.29. The minimum atomic E-state index is -0.705. The molecule has 1 rings (SSSR count). The molecule has 0 unspecified atom stereocenters. The van der Waals surface area contributed by atoms with Crippen LogP contribution < -0.4 is 5.73 Å². The van der Waals surface area contributed by atoms with Crippen molar-refractivity contribution >= 4 is 11.7 Å². The van der Waals surface area contributed by atoms with Crippen LogP contribution in [0, 0.1) is 24.6 Å². The molecular formula is C11H10FNO2. The monoisotopic (exact) mass is 207 g/mol. The van der Waals surface area contributed by atoms with Crippen LogP contribution in [0.3, 0.4) is 0 Å². The molecule has 2 N–H and O–H groups in total. The molecule has 0 radical (unpaired) electrons. The summed E-state index contributed by atoms with van der Waals surface area (Å²) < 4.78 is 17.8. The van der Waals surface area contributed by atoms with Crippen LogP contribution in [-0.4, -0.2) is 13.1 Å². The lowest BCUT2D eigenvalue weighted by Crippen LogP contribution is -1.97. The Bertz CT molecular complexity index is 458. The summed E-state index contributed by atoms with van der Waals surface area (Å²) in [6.07, 6.45) is 0. The van der Waals surface area contributed by atoms with Gasteiger partial charge in [0.2, 0.25) is 0 Å². The van der Waals surface area contributed by atoms with Crippen LogP contribution in [0.15, 0.2) is 12.1 Å². The van der Waals surface area contributed by atoms with Gasteiger partial charge < -0.3 is 10.5 Å². The summed E-state index contributed by atoms with van der Waals surface area (Å²) in [6, 6.07) is 2.97. The van der Waals surface area contributed by atoms with Gasteiger partial charge in [-0.25, -0.2) is 9.18 Å². The fourth-order valence-electron chi connectivity index (χ4n) is 0.966. The molecule has 1 aromatic rings. The lowest BCUT2D eigenvalue weighted by molar-refractivity contribution is -0.133. The molecule has 0 aliphatic heterocycles. The molecule has 4 heteroatoms. The van der Waals surface area contributed by atoms with Crippen molar-refractivity contribution in [3.05, 3.63) is 29.1 Å². The molecule has 1 aromatic carbocycles. The Labute approximate surface area is 87.0 Å². The fourth-order valence-corrected chi connectivity index (χ4v) is 0.966. The number of anilines is 1. The summed E-state index contributed by atoms with van der Waals surface area (Å²) in [5.41, 5.74) is 6.31. The number of ether oxygens (including phenoxy) is 1. The zero-order chi connectivity index (χ0) is 11.4. The third-order valence-electron chi connectivity index (χ3n) is 1.91. The SMILES string of the molecule is COC(=O)C#Cc1ccc(N)c(C)c1F. The van der Waals surface area contributed by atoms with Crippen LogP contribution >= 0.6 is 0 Å². The van der Waals surface area contributed by atoms with Crippen molar-refractivity contribution in [2.75, 3.05) is 12.8 Å². The molecule has 0 saturated heterocycles. The first kappa shape index (κ1) is 11.1. The number of methoxy groups -OCH3 is 1. The van der Waals surface area contributed by atoms with E-state index >= 15 is 0 Å². The first-order valence-electron chi connectivity index (χ1n) is 4.20. The second-order valence-electron chi connectivity index (χ2n) is 2.88. The van der Waals surface area contributed by atoms with Crippen molar-refractivity contribution in [2.24, 2.45) is 0 Å². The Balaban J connectivity index is 3.10. The van der Waals surface area contributed by atoms with Crippen LogP contribution in [0.4, 0.5) is 10.1 Å². The summed E-state index contributed by atoms with van der Waals surface area (Å²) in [5, 5.41) is 0. The Morgan fingerprint density at radius 3 is 2.80 bits per heavy atom. The van der Waals surface area contributed by atoms with Crippen molar-refractivity contribution in [2.45, 2.75) is 6.92 Å². The van der Waals surface area contributed by atoms with Gasteiger partial charge in [0.05, 0.1) is 12.7 Å². The molecule has 0 heterocycles. The second-order valence-corrected chi connectivity index (χ2v) is 2.88. The highest BCUT2D eigenvalue weighted by Gasteiger charge is 2.05. The topological polar surface area (TPSA) is 52.3 Å². The van der Waals surface area contributed by atoms with E-state index in [-0.39, 0.29) is 5.56 Å². The number of rotatable bonds is 0. The summed E-state index contributed by atoms with van der Waals surface area (Å²) >= 11 is 0. The van der Waals surface area contributed by atoms with Gasteiger partial charge >= 0.3 is 5.97 Å². The highest BCUT2D eigenvalue weighted by atomic mass is 19.1. The first-order chi connectivity index (χ1) is 7.06. The molecule has 0 aliphatic carbocycles. The Morgan fingerprint density at radius 2 is 2.20 bits per heavy atom. The van der Waals surface area contributed by atoms with Gasteiger partial charge in [-0.2, -0.15) is 0 Å². The molecule has 0 bridgehead atoms. The molecule has 0 aromatic heterocycles. The number of nitrogens with two attached hydrogens (primary N) is 1. The maximum Gasteiger partial charge on any atom is 0.384 e. The number of carbonyl (C=O) groups is 1. The molecule has 0 saturated carbocycles. The summed E-state index contributed by atoms with van der Waals surface area (Å²) in [7, 11) is 1.21. The maximum absolute atomic E-state index is 13.5. The quantitative estimate of drug-likeness (QED) is 0.395. The van der Waals surface area contributed by atoms with Gasteiger partial charge in [-0.1, -0.05) is 5.92 Å². The fraction of sp³-hybridized carbons (Fsp3) is 0.182. The molecule has 0 fully saturated rings. The van der Waals surface area contributed by atoms with Gasteiger partial charge in [0.25, 0.3) is 0 Å². The van der Waals surface area contributed by atoms with E-state index in [1.54, 1.807) is 13.0 Å². The van der Waals surface area contributed by atoms with Crippen molar-refractivity contribution in [3.63, 3.8) is 0 Å². The van der Waals surface area contributed by atoms with Crippen molar-refractivity contribution in [1.82, 2.24) is 0 Å². The van der Waals surface area contributed by atoms with E-state index in [0.29, 0.717) is 11.3 Å². The Morgan fingerprint density at radius 1 is 1.53 bits per heavy atom. The van der Waals surface area contributed by atoms with Gasteiger partial charge in [-0.15, -0.1) is 0 Å². The van der Waals surface area contributed by atoms with E-state index in [1.807, 2.05) is 0 Å². The van der Waals surface area contributed by atoms with Crippen LogP contribution in [0.2, 0.25) is 0 Å². The standard InChI is InChI=1S/C11H10FNO2/c1-7-9(13)5-3-8(11(7)12)4-6-10(14)15-2/h3,5H,13H2,1-2H3. The molecule has 0 aliphatic rings. The highest BCUT2D eigenvalue weighted by Crippen LogP contribution is 2.17. The zero-order valence-corrected chi connectivity index (χ0v) is 8.43. The molecule has 3 nitrogen and oxygen atoms in total.